The Balaban J connectivity index is 1.66. The molecule has 2 aromatic rings. The van der Waals surface area contributed by atoms with Crippen LogP contribution < -0.4 is 20.7 Å². The van der Waals surface area contributed by atoms with Crippen LogP contribution in [0.1, 0.15) is 13.8 Å². The third kappa shape index (κ3) is 5.01. The topological polar surface area (TPSA) is 70.5 Å². The molecule has 0 aliphatic carbocycles. The molecule has 1 saturated heterocycles. The van der Waals surface area contributed by atoms with Gasteiger partial charge in [-0.25, -0.2) is 4.68 Å². The van der Waals surface area contributed by atoms with Crippen molar-refractivity contribution in [3.05, 3.63) is 51.8 Å². The molecular weight excluding hydrogens is 366 g/mol. The number of amides is 1. The summed E-state index contributed by atoms with van der Waals surface area (Å²) in [5.74, 6) is 0.486. The summed E-state index contributed by atoms with van der Waals surface area (Å²) in [7, 11) is 0. The Morgan fingerprint density at radius 3 is 2.52 bits per heavy atom. The van der Waals surface area contributed by atoms with E-state index in [1.54, 1.807) is 6.07 Å². The van der Waals surface area contributed by atoms with Gasteiger partial charge in [0.1, 0.15) is 12.4 Å². The number of hydrogen-bond donors (Lipinski definition) is 1. The van der Waals surface area contributed by atoms with Gasteiger partial charge in [-0.1, -0.05) is 17.7 Å². The van der Waals surface area contributed by atoms with Gasteiger partial charge < -0.3 is 15.1 Å². The van der Waals surface area contributed by atoms with Gasteiger partial charge in [-0.3, -0.25) is 9.59 Å². The first-order valence-electron chi connectivity index (χ1n) is 9.05. The first-order valence-corrected chi connectivity index (χ1v) is 9.43. The summed E-state index contributed by atoms with van der Waals surface area (Å²) in [6.45, 7) is 6.89. The molecule has 1 aromatic carbocycles. The zero-order valence-electron chi connectivity index (χ0n) is 15.6. The maximum atomic E-state index is 12.0. The number of benzene rings is 1. The number of carbonyl (C=O) groups excluding carboxylic acids is 1. The molecule has 0 spiro atoms. The number of rotatable bonds is 5. The number of nitrogens with zero attached hydrogens (tertiary/aromatic N) is 4. The summed E-state index contributed by atoms with van der Waals surface area (Å²) in [4.78, 5) is 28.4. The number of aromatic nitrogens is 2. The second-order valence-corrected chi connectivity index (χ2v) is 7.30. The lowest BCUT2D eigenvalue weighted by Gasteiger charge is -2.36. The van der Waals surface area contributed by atoms with E-state index in [4.69, 9.17) is 11.6 Å². The van der Waals surface area contributed by atoms with Crippen LogP contribution in [0.2, 0.25) is 5.02 Å². The molecule has 1 amide bonds. The van der Waals surface area contributed by atoms with Gasteiger partial charge in [0.05, 0.1) is 0 Å². The Labute approximate surface area is 163 Å². The molecule has 2 heterocycles. The first kappa shape index (κ1) is 19.2. The van der Waals surface area contributed by atoms with E-state index in [1.165, 1.54) is 10.7 Å². The highest BCUT2D eigenvalue weighted by molar-refractivity contribution is 6.30. The van der Waals surface area contributed by atoms with E-state index in [2.05, 4.69) is 20.2 Å². The number of halogens is 1. The predicted octanol–water partition coefficient (Wildman–Crippen LogP) is 1.75. The van der Waals surface area contributed by atoms with Crippen molar-refractivity contribution >= 4 is 29.0 Å². The molecule has 7 nitrogen and oxygen atoms in total. The molecule has 1 aromatic heterocycles. The van der Waals surface area contributed by atoms with Gasteiger partial charge in [0.25, 0.3) is 5.56 Å². The summed E-state index contributed by atoms with van der Waals surface area (Å²) < 4.78 is 1.22. The van der Waals surface area contributed by atoms with Gasteiger partial charge in [0, 0.05) is 49.0 Å². The van der Waals surface area contributed by atoms with Gasteiger partial charge in [0.2, 0.25) is 5.91 Å². The molecule has 0 radical (unpaired) electrons. The fourth-order valence-electron chi connectivity index (χ4n) is 3.09. The minimum absolute atomic E-state index is 0.0240. The van der Waals surface area contributed by atoms with Crippen molar-refractivity contribution in [2.75, 3.05) is 36.0 Å². The first-order chi connectivity index (χ1) is 12.9. The fraction of sp³-hybridized carbons (Fsp3) is 0.421. The van der Waals surface area contributed by atoms with Crippen LogP contribution in [0.3, 0.4) is 0 Å². The zero-order chi connectivity index (χ0) is 19.4. The molecule has 0 unspecified atom stereocenters. The molecule has 8 heteroatoms. The molecule has 1 N–H and O–H groups in total. The molecule has 144 valence electrons. The van der Waals surface area contributed by atoms with Crippen LogP contribution in [0.15, 0.2) is 41.2 Å². The van der Waals surface area contributed by atoms with E-state index in [-0.39, 0.29) is 24.1 Å². The van der Waals surface area contributed by atoms with Gasteiger partial charge in [0.15, 0.2) is 0 Å². The molecule has 3 rings (SSSR count). The fourth-order valence-corrected chi connectivity index (χ4v) is 3.27. The standard InChI is InChI=1S/C19H24ClN5O2/c1-14(2)21-18(26)13-25-19(27)7-6-17(22-25)24-10-8-23(9-11-24)16-5-3-4-15(20)12-16/h3-7,12,14H,8-11,13H2,1-2H3,(H,21,26). The normalized spacial score (nSPS) is 14.5. The summed E-state index contributed by atoms with van der Waals surface area (Å²) >= 11 is 6.08. The Hall–Kier alpha value is -2.54. The average molecular weight is 390 g/mol. The van der Waals surface area contributed by atoms with Gasteiger partial charge in [-0.2, -0.15) is 5.10 Å². The van der Waals surface area contributed by atoms with Crippen molar-refractivity contribution < 1.29 is 4.79 Å². The van der Waals surface area contributed by atoms with Crippen LogP contribution in [0.4, 0.5) is 11.5 Å². The van der Waals surface area contributed by atoms with E-state index < -0.39 is 0 Å². The number of hydrogen-bond acceptors (Lipinski definition) is 5. The highest BCUT2D eigenvalue weighted by Crippen LogP contribution is 2.22. The predicted molar refractivity (Wildman–Crippen MR) is 108 cm³/mol. The van der Waals surface area contributed by atoms with Crippen molar-refractivity contribution in [1.82, 2.24) is 15.1 Å². The lowest BCUT2D eigenvalue weighted by atomic mass is 10.2. The summed E-state index contributed by atoms with van der Waals surface area (Å²) in [5.41, 5.74) is 0.820. The Bertz CT molecular complexity index is 859. The molecule has 1 fully saturated rings. The van der Waals surface area contributed by atoms with E-state index in [9.17, 15) is 9.59 Å². The molecule has 0 atom stereocenters. The van der Waals surface area contributed by atoms with Crippen LogP contribution in [0.25, 0.3) is 0 Å². The van der Waals surface area contributed by atoms with Crippen LogP contribution in [-0.2, 0) is 11.3 Å². The van der Waals surface area contributed by atoms with Crippen molar-refractivity contribution in [2.45, 2.75) is 26.4 Å². The zero-order valence-corrected chi connectivity index (χ0v) is 16.3. The molecule has 0 bridgehead atoms. The maximum absolute atomic E-state index is 12.0. The van der Waals surface area contributed by atoms with Crippen LogP contribution in [0.5, 0.6) is 0 Å². The monoisotopic (exact) mass is 389 g/mol. The largest absolute Gasteiger partial charge is 0.368 e. The molecule has 1 aliphatic heterocycles. The lowest BCUT2D eigenvalue weighted by Crippen LogP contribution is -2.47. The number of anilines is 2. The second-order valence-electron chi connectivity index (χ2n) is 6.86. The summed E-state index contributed by atoms with van der Waals surface area (Å²) in [6, 6.07) is 11.0. The number of piperazine rings is 1. The molecule has 27 heavy (non-hydrogen) atoms. The van der Waals surface area contributed by atoms with Crippen LogP contribution >= 0.6 is 11.6 Å². The number of nitrogens with one attached hydrogen (secondary N) is 1. The SMILES string of the molecule is CC(C)NC(=O)Cn1nc(N2CCN(c3cccc(Cl)c3)CC2)ccc1=O. The van der Waals surface area contributed by atoms with E-state index in [0.29, 0.717) is 5.82 Å². The summed E-state index contributed by atoms with van der Waals surface area (Å²) in [5, 5.41) is 7.89. The van der Waals surface area contributed by atoms with Crippen molar-refractivity contribution in [2.24, 2.45) is 0 Å². The lowest BCUT2D eigenvalue weighted by molar-refractivity contribution is -0.122. The van der Waals surface area contributed by atoms with Crippen molar-refractivity contribution in [1.29, 1.82) is 0 Å². The van der Waals surface area contributed by atoms with E-state index in [0.717, 1.165) is 36.9 Å². The Morgan fingerprint density at radius 1 is 1.15 bits per heavy atom. The Morgan fingerprint density at radius 2 is 1.85 bits per heavy atom. The Kier molecular flexibility index (Phi) is 6.01. The van der Waals surface area contributed by atoms with Gasteiger partial charge in [-0.15, -0.1) is 0 Å². The van der Waals surface area contributed by atoms with Crippen molar-refractivity contribution in [3.8, 4) is 0 Å². The third-order valence-corrected chi connectivity index (χ3v) is 4.61. The second kappa shape index (κ2) is 8.43. The quantitative estimate of drug-likeness (QED) is 0.843. The third-order valence-electron chi connectivity index (χ3n) is 4.37. The summed E-state index contributed by atoms with van der Waals surface area (Å²) in [6.07, 6.45) is 0. The minimum Gasteiger partial charge on any atom is -0.368 e. The minimum atomic E-state index is -0.282. The number of carbonyl (C=O) groups is 1. The highest BCUT2D eigenvalue weighted by Gasteiger charge is 2.19. The maximum Gasteiger partial charge on any atom is 0.267 e. The average Bonchev–Trinajstić information content (AvgIpc) is 2.63. The van der Waals surface area contributed by atoms with E-state index in [1.807, 2.05) is 38.1 Å². The molecule has 0 saturated carbocycles. The van der Waals surface area contributed by atoms with Gasteiger partial charge in [-0.05, 0) is 38.1 Å². The van der Waals surface area contributed by atoms with E-state index >= 15 is 0 Å². The highest BCUT2D eigenvalue weighted by atomic mass is 35.5. The molecular formula is C19H24ClN5O2. The van der Waals surface area contributed by atoms with Crippen LogP contribution in [-0.4, -0.2) is 47.9 Å². The molecule has 1 aliphatic rings. The van der Waals surface area contributed by atoms with Gasteiger partial charge >= 0.3 is 0 Å². The van der Waals surface area contributed by atoms with Crippen LogP contribution in [0, 0.1) is 0 Å². The van der Waals surface area contributed by atoms with Crippen molar-refractivity contribution in [3.63, 3.8) is 0 Å². The smallest absolute Gasteiger partial charge is 0.267 e.